The summed E-state index contributed by atoms with van der Waals surface area (Å²) in [6, 6.07) is 10.9. The Labute approximate surface area is 93.1 Å². The fourth-order valence-electron chi connectivity index (χ4n) is 1.57. The van der Waals surface area contributed by atoms with Crippen molar-refractivity contribution in [1.82, 2.24) is 4.90 Å². The van der Waals surface area contributed by atoms with Crippen LogP contribution in [-0.4, -0.2) is 31.6 Å². The monoisotopic (exact) mass is 206 g/mol. The summed E-state index contributed by atoms with van der Waals surface area (Å²) in [7, 11) is 4.17. The summed E-state index contributed by atoms with van der Waals surface area (Å²) in [5, 5.41) is 0. The Morgan fingerprint density at radius 2 is 1.80 bits per heavy atom. The largest absolute Gasteiger partial charge is 0.328 e. The first-order valence-electron chi connectivity index (χ1n) is 5.62. The summed E-state index contributed by atoms with van der Waals surface area (Å²) in [6.45, 7) is 1.08. The van der Waals surface area contributed by atoms with E-state index in [2.05, 4.69) is 49.3 Å². The maximum absolute atomic E-state index is 6.04. The van der Waals surface area contributed by atoms with Crippen molar-refractivity contribution < 1.29 is 0 Å². The van der Waals surface area contributed by atoms with Crippen LogP contribution in [0.2, 0.25) is 0 Å². The highest BCUT2D eigenvalue weighted by Gasteiger charge is 2.03. The Bertz CT molecular complexity index is 256. The van der Waals surface area contributed by atoms with Crippen molar-refractivity contribution in [3.8, 4) is 0 Å². The molecule has 0 aliphatic heterocycles. The van der Waals surface area contributed by atoms with Crippen molar-refractivity contribution in [2.45, 2.75) is 25.3 Å². The quantitative estimate of drug-likeness (QED) is 0.770. The first-order valence-corrected chi connectivity index (χ1v) is 5.62. The summed E-state index contributed by atoms with van der Waals surface area (Å²) in [5.41, 5.74) is 7.43. The van der Waals surface area contributed by atoms with Crippen LogP contribution in [0.3, 0.4) is 0 Å². The molecule has 1 aromatic rings. The summed E-state index contributed by atoms with van der Waals surface area (Å²) in [6.07, 6.45) is 3.26. The van der Waals surface area contributed by atoms with Gasteiger partial charge in [0.15, 0.2) is 0 Å². The van der Waals surface area contributed by atoms with E-state index in [1.165, 1.54) is 5.56 Å². The molecule has 84 valence electrons. The lowest BCUT2D eigenvalue weighted by molar-refractivity contribution is 0.375. The van der Waals surface area contributed by atoms with Crippen LogP contribution in [0.25, 0.3) is 0 Å². The zero-order valence-corrected chi connectivity index (χ0v) is 9.82. The van der Waals surface area contributed by atoms with E-state index in [1.807, 2.05) is 0 Å². The van der Waals surface area contributed by atoms with Gasteiger partial charge in [0.1, 0.15) is 0 Å². The minimum Gasteiger partial charge on any atom is -0.328 e. The molecule has 15 heavy (non-hydrogen) atoms. The molecule has 0 saturated carbocycles. The molecule has 1 rings (SSSR count). The number of hydrogen-bond donors (Lipinski definition) is 1. The van der Waals surface area contributed by atoms with Crippen LogP contribution >= 0.6 is 0 Å². The number of nitrogens with two attached hydrogens (primary N) is 1. The summed E-state index contributed by atoms with van der Waals surface area (Å²) < 4.78 is 0. The summed E-state index contributed by atoms with van der Waals surface area (Å²) in [4.78, 5) is 2.18. The molecule has 1 atom stereocenters. The fourth-order valence-corrected chi connectivity index (χ4v) is 1.57. The van der Waals surface area contributed by atoms with Gasteiger partial charge in [0, 0.05) is 6.04 Å². The smallest absolute Gasteiger partial charge is 0.00541 e. The molecule has 0 bridgehead atoms. The van der Waals surface area contributed by atoms with E-state index in [-0.39, 0.29) is 0 Å². The minimum absolute atomic E-state index is 0.326. The first kappa shape index (κ1) is 12.2. The number of rotatable bonds is 6. The Morgan fingerprint density at radius 1 is 1.13 bits per heavy atom. The van der Waals surface area contributed by atoms with E-state index in [9.17, 15) is 0 Å². The lowest BCUT2D eigenvalue weighted by Gasteiger charge is -2.14. The third-order valence-electron chi connectivity index (χ3n) is 2.59. The molecule has 2 N–H and O–H groups in total. The van der Waals surface area contributed by atoms with Crippen LogP contribution < -0.4 is 5.73 Å². The van der Waals surface area contributed by atoms with Gasteiger partial charge < -0.3 is 10.6 Å². The molecule has 0 unspecified atom stereocenters. The average Bonchev–Trinajstić information content (AvgIpc) is 2.25. The van der Waals surface area contributed by atoms with Gasteiger partial charge in [0.25, 0.3) is 0 Å². The molecular weight excluding hydrogens is 184 g/mol. The lowest BCUT2D eigenvalue weighted by Crippen LogP contribution is -2.26. The maximum Gasteiger partial charge on any atom is 0.00541 e. The molecule has 0 aliphatic carbocycles. The minimum atomic E-state index is 0.326. The van der Waals surface area contributed by atoms with Crippen molar-refractivity contribution in [2.24, 2.45) is 5.73 Å². The second-order valence-corrected chi connectivity index (χ2v) is 4.38. The van der Waals surface area contributed by atoms with Crippen molar-refractivity contribution in [1.29, 1.82) is 0 Å². The molecule has 2 heteroatoms. The van der Waals surface area contributed by atoms with Crippen LogP contribution in [-0.2, 0) is 6.42 Å². The van der Waals surface area contributed by atoms with Crippen LogP contribution in [0.15, 0.2) is 30.3 Å². The van der Waals surface area contributed by atoms with E-state index < -0.39 is 0 Å². The second-order valence-electron chi connectivity index (χ2n) is 4.38. The number of aryl methyl sites for hydroxylation is 1. The van der Waals surface area contributed by atoms with Crippen molar-refractivity contribution >= 4 is 0 Å². The molecule has 2 nitrogen and oxygen atoms in total. The Balaban J connectivity index is 2.19. The molecule has 0 aliphatic rings. The van der Waals surface area contributed by atoms with E-state index in [4.69, 9.17) is 5.73 Å². The highest BCUT2D eigenvalue weighted by Crippen LogP contribution is 2.05. The predicted octanol–water partition coefficient (Wildman–Crippen LogP) is 1.90. The summed E-state index contributed by atoms with van der Waals surface area (Å²) in [5.74, 6) is 0. The fraction of sp³-hybridized carbons (Fsp3) is 0.538. The zero-order valence-electron chi connectivity index (χ0n) is 9.82. The van der Waals surface area contributed by atoms with E-state index in [0.717, 1.165) is 25.8 Å². The number of hydrogen-bond acceptors (Lipinski definition) is 2. The number of benzene rings is 1. The Hall–Kier alpha value is -0.860. The Morgan fingerprint density at radius 3 is 2.40 bits per heavy atom. The van der Waals surface area contributed by atoms with Gasteiger partial charge in [0.2, 0.25) is 0 Å². The molecule has 0 heterocycles. The highest BCUT2D eigenvalue weighted by atomic mass is 15.0. The van der Waals surface area contributed by atoms with Crippen LogP contribution in [0.5, 0.6) is 0 Å². The SMILES string of the molecule is CN(C)CC[C@@H](N)CCc1ccccc1. The normalized spacial score (nSPS) is 13.1. The molecule has 0 radical (unpaired) electrons. The van der Waals surface area contributed by atoms with Gasteiger partial charge in [-0.05, 0) is 45.5 Å². The van der Waals surface area contributed by atoms with Gasteiger partial charge in [-0.2, -0.15) is 0 Å². The van der Waals surface area contributed by atoms with Gasteiger partial charge in [-0.3, -0.25) is 0 Å². The average molecular weight is 206 g/mol. The third-order valence-corrected chi connectivity index (χ3v) is 2.59. The van der Waals surface area contributed by atoms with E-state index >= 15 is 0 Å². The van der Waals surface area contributed by atoms with Gasteiger partial charge in [-0.25, -0.2) is 0 Å². The van der Waals surface area contributed by atoms with Crippen molar-refractivity contribution in [2.75, 3.05) is 20.6 Å². The molecule has 0 aromatic heterocycles. The molecule has 0 fully saturated rings. The van der Waals surface area contributed by atoms with Crippen molar-refractivity contribution in [3.05, 3.63) is 35.9 Å². The first-order chi connectivity index (χ1) is 7.18. The molecule has 0 amide bonds. The van der Waals surface area contributed by atoms with Gasteiger partial charge in [0.05, 0.1) is 0 Å². The molecule has 1 aromatic carbocycles. The standard InChI is InChI=1S/C13H22N2/c1-15(2)11-10-13(14)9-8-12-6-4-3-5-7-12/h3-7,13H,8-11,14H2,1-2H3/t13-/m0/s1. The topological polar surface area (TPSA) is 29.3 Å². The zero-order chi connectivity index (χ0) is 11.1. The van der Waals surface area contributed by atoms with Crippen LogP contribution in [0.1, 0.15) is 18.4 Å². The summed E-state index contributed by atoms with van der Waals surface area (Å²) >= 11 is 0. The van der Waals surface area contributed by atoms with E-state index in [0.29, 0.717) is 6.04 Å². The third kappa shape index (κ3) is 5.55. The van der Waals surface area contributed by atoms with Crippen LogP contribution in [0, 0.1) is 0 Å². The Kier molecular flexibility index (Phi) is 5.37. The van der Waals surface area contributed by atoms with Gasteiger partial charge in [-0.15, -0.1) is 0 Å². The van der Waals surface area contributed by atoms with E-state index in [1.54, 1.807) is 0 Å². The molecule has 0 spiro atoms. The highest BCUT2D eigenvalue weighted by molar-refractivity contribution is 5.14. The van der Waals surface area contributed by atoms with Gasteiger partial charge in [-0.1, -0.05) is 30.3 Å². The maximum atomic E-state index is 6.04. The lowest BCUT2D eigenvalue weighted by atomic mass is 10.0. The second kappa shape index (κ2) is 6.59. The van der Waals surface area contributed by atoms with Crippen LogP contribution in [0.4, 0.5) is 0 Å². The van der Waals surface area contributed by atoms with Gasteiger partial charge >= 0.3 is 0 Å². The predicted molar refractivity (Wildman–Crippen MR) is 65.9 cm³/mol. The molecule has 0 saturated heterocycles. The number of nitrogens with zero attached hydrogens (tertiary/aromatic N) is 1. The van der Waals surface area contributed by atoms with Crippen molar-refractivity contribution in [3.63, 3.8) is 0 Å². The molecular formula is C13H22N2.